The number of guanidine groups is 1. The fourth-order valence-electron chi connectivity index (χ4n) is 2.65. The van der Waals surface area contributed by atoms with Gasteiger partial charge in [-0.3, -0.25) is 0 Å². The number of hydrogen-bond acceptors (Lipinski definition) is 2. The van der Waals surface area contributed by atoms with E-state index in [-0.39, 0.29) is 11.9 Å². The van der Waals surface area contributed by atoms with Crippen LogP contribution in [-0.2, 0) is 4.79 Å². The van der Waals surface area contributed by atoms with Crippen molar-refractivity contribution < 1.29 is 9.90 Å². The normalized spacial score (nSPS) is 30.4. The van der Waals surface area contributed by atoms with Gasteiger partial charge >= 0.3 is 5.97 Å². The zero-order valence-electron chi connectivity index (χ0n) is 9.78. The van der Waals surface area contributed by atoms with Crippen LogP contribution in [0.4, 0.5) is 0 Å². The van der Waals surface area contributed by atoms with Crippen molar-refractivity contribution >= 4 is 11.9 Å². The van der Waals surface area contributed by atoms with Crippen molar-refractivity contribution in [3.63, 3.8) is 0 Å². The second-order valence-electron chi connectivity index (χ2n) is 4.47. The molecule has 1 aliphatic rings. The number of carbonyl (C=O) groups is 1. The Bertz CT molecular complexity index is 287. The van der Waals surface area contributed by atoms with Crippen molar-refractivity contribution in [2.24, 2.45) is 22.4 Å². The van der Waals surface area contributed by atoms with Gasteiger partial charge in [-0.15, -0.1) is 0 Å². The highest BCUT2D eigenvalue weighted by Crippen LogP contribution is 2.37. The van der Waals surface area contributed by atoms with Crippen LogP contribution in [0.2, 0.25) is 0 Å². The summed E-state index contributed by atoms with van der Waals surface area (Å²) in [6.45, 7) is 2.00. The van der Waals surface area contributed by atoms with Gasteiger partial charge < -0.3 is 16.6 Å². The van der Waals surface area contributed by atoms with Crippen LogP contribution in [0.25, 0.3) is 0 Å². The second kappa shape index (κ2) is 5.18. The standard InChI is InChI=1S/C11H21N3O2/c1-2-8-6-4-3-5-7-11(8,9(15)16)14-10(12)13/h8H,2-7H2,1H3,(H,15,16)(H4,12,13,14). The Morgan fingerprint density at radius 1 is 1.44 bits per heavy atom. The van der Waals surface area contributed by atoms with Gasteiger partial charge in [0.2, 0.25) is 0 Å². The molecule has 1 fully saturated rings. The number of nitrogens with two attached hydrogens (primary N) is 2. The first-order chi connectivity index (χ1) is 7.53. The van der Waals surface area contributed by atoms with Crippen LogP contribution in [0.3, 0.4) is 0 Å². The Balaban J connectivity index is 3.11. The van der Waals surface area contributed by atoms with Crippen LogP contribution >= 0.6 is 0 Å². The molecule has 0 aromatic rings. The molecule has 92 valence electrons. The highest BCUT2D eigenvalue weighted by atomic mass is 16.4. The maximum absolute atomic E-state index is 11.5. The van der Waals surface area contributed by atoms with Crippen LogP contribution < -0.4 is 11.5 Å². The maximum Gasteiger partial charge on any atom is 0.332 e. The fourth-order valence-corrected chi connectivity index (χ4v) is 2.65. The zero-order valence-corrected chi connectivity index (χ0v) is 9.78. The van der Waals surface area contributed by atoms with Crippen molar-refractivity contribution in [2.75, 3.05) is 0 Å². The molecule has 5 N–H and O–H groups in total. The van der Waals surface area contributed by atoms with Crippen molar-refractivity contribution in [3.8, 4) is 0 Å². The molecule has 0 bridgehead atoms. The predicted molar refractivity (Wildman–Crippen MR) is 63.0 cm³/mol. The topological polar surface area (TPSA) is 102 Å². The average Bonchev–Trinajstić information content (AvgIpc) is 2.40. The number of rotatable bonds is 3. The van der Waals surface area contributed by atoms with Crippen molar-refractivity contribution in [1.29, 1.82) is 0 Å². The SMILES string of the molecule is CCC1CCCCCC1(N=C(N)N)C(=O)O. The summed E-state index contributed by atoms with van der Waals surface area (Å²) in [5.41, 5.74) is 9.66. The van der Waals surface area contributed by atoms with E-state index in [1.54, 1.807) is 0 Å². The molecule has 0 spiro atoms. The van der Waals surface area contributed by atoms with Gasteiger partial charge in [0.1, 0.15) is 0 Å². The van der Waals surface area contributed by atoms with Gasteiger partial charge in [0.25, 0.3) is 0 Å². The van der Waals surface area contributed by atoms with E-state index in [1.165, 1.54) is 0 Å². The number of hydrogen-bond donors (Lipinski definition) is 3. The highest BCUT2D eigenvalue weighted by Gasteiger charge is 2.45. The third-order valence-corrected chi connectivity index (χ3v) is 3.48. The van der Waals surface area contributed by atoms with Gasteiger partial charge in [0, 0.05) is 0 Å². The van der Waals surface area contributed by atoms with Crippen LogP contribution in [0, 0.1) is 5.92 Å². The Morgan fingerprint density at radius 2 is 2.12 bits per heavy atom. The lowest BCUT2D eigenvalue weighted by Gasteiger charge is -2.31. The summed E-state index contributed by atoms with van der Waals surface area (Å²) in [6.07, 6.45) is 5.22. The molecule has 0 aromatic carbocycles. The first-order valence-corrected chi connectivity index (χ1v) is 5.87. The van der Waals surface area contributed by atoms with E-state index >= 15 is 0 Å². The fraction of sp³-hybridized carbons (Fsp3) is 0.818. The maximum atomic E-state index is 11.5. The molecule has 0 saturated heterocycles. The molecule has 1 saturated carbocycles. The van der Waals surface area contributed by atoms with E-state index < -0.39 is 11.5 Å². The molecular formula is C11H21N3O2. The van der Waals surface area contributed by atoms with Crippen molar-refractivity contribution in [3.05, 3.63) is 0 Å². The minimum absolute atomic E-state index is 0.0367. The molecule has 2 unspecified atom stereocenters. The lowest BCUT2D eigenvalue weighted by Crippen LogP contribution is -2.46. The summed E-state index contributed by atoms with van der Waals surface area (Å²) >= 11 is 0. The zero-order chi connectivity index (χ0) is 12.2. The summed E-state index contributed by atoms with van der Waals surface area (Å²) in [5, 5.41) is 9.45. The molecule has 1 aliphatic carbocycles. The van der Waals surface area contributed by atoms with Gasteiger partial charge in [0.15, 0.2) is 11.5 Å². The van der Waals surface area contributed by atoms with Gasteiger partial charge in [-0.1, -0.05) is 32.6 Å². The lowest BCUT2D eigenvalue weighted by atomic mass is 9.79. The Labute approximate surface area is 95.9 Å². The number of nitrogens with zero attached hydrogens (tertiary/aromatic N) is 1. The monoisotopic (exact) mass is 227 g/mol. The molecule has 5 nitrogen and oxygen atoms in total. The van der Waals surface area contributed by atoms with Gasteiger partial charge in [-0.25, -0.2) is 9.79 Å². The Morgan fingerprint density at radius 3 is 2.62 bits per heavy atom. The lowest BCUT2D eigenvalue weighted by molar-refractivity contribution is -0.145. The molecule has 0 aromatic heterocycles. The number of aliphatic carboxylic acids is 1. The van der Waals surface area contributed by atoms with E-state index in [0.29, 0.717) is 6.42 Å². The van der Waals surface area contributed by atoms with E-state index in [4.69, 9.17) is 11.5 Å². The number of aliphatic imine (C=N–C) groups is 1. The first-order valence-electron chi connectivity index (χ1n) is 5.87. The van der Waals surface area contributed by atoms with Gasteiger partial charge in [-0.2, -0.15) is 0 Å². The molecule has 0 aliphatic heterocycles. The minimum atomic E-state index is -1.09. The Kier molecular flexibility index (Phi) is 4.15. The molecule has 0 radical (unpaired) electrons. The molecule has 2 atom stereocenters. The molecule has 0 amide bonds. The van der Waals surface area contributed by atoms with E-state index in [0.717, 1.165) is 32.1 Å². The average molecular weight is 227 g/mol. The number of carboxylic acid groups (broad SMARTS) is 1. The minimum Gasteiger partial charge on any atom is -0.479 e. The van der Waals surface area contributed by atoms with Crippen LogP contribution in [0.5, 0.6) is 0 Å². The second-order valence-corrected chi connectivity index (χ2v) is 4.47. The van der Waals surface area contributed by atoms with Crippen LogP contribution in [0.1, 0.15) is 45.4 Å². The summed E-state index contributed by atoms with van der Waals surface area (Å²) in [7, 11) is 0. The smallest absolute Gasteiger partial charge is 0.332 e. The van der Waals surface area contributed by atoms with Crippen molar-refractivity contribution in [2.45, 2.75) is 51.0 Å². The quantitative estimate of drug-likeness (QED) is 0.381. The molecule has 16 heavy (non-hydrogen) atoms. The summed E-state index contributed by atoms with van der Waals surface area (Å²) in [6, 6.07) is 0. The molecular weight excluding hydrogens is 206 g/mol. The summed E-state index contributed by atoms with van der Waals surface area (Å²) in [4.78, 5) is 15.6. The number of carboxylic acids is 1. The summed E-state index contributed by atoms with van der Waals surface area (Å²) < 4.78 is 0. The first kappa shape index (κ1) is 12.8. The largest absolute Gasteiger partial charge is 0.479 e. The van der Waals surface area contributed by atoms with Gasteiger partial charge in [0.05, 0.1) is 0 Å². The van der Waals surface area contributed by atoms with Crippen LogP contribution in [0.15, 0.2) is 4.99 Å². The predicted octanol–water partition coefficient (Wildman–Crippen LogP) is 1.07. The molecule has 1 rings (SSSR count). The summed E-state index contributed by atoms with van der Waals surface area (Å²) in [5.74, 6) is -0.980. The van der Waals surface area contributed by atoms with Crippen molar-refractivity contribution in [1.82, 2.24) is 0 Å². The van der Waals surface area contributed by atoms with Crippen LogP contribution in [-0.4, -0.2) is 22.6 Å². The Hall–Kier alpha value is -1.26. The molecule has 5 heteroatoms. The van der Waals surface area contributed by atoms with Gasteiger partial charge in [-0.05, 0) is 18.8 Å². The highest BCUT2D eigenvalue weighted by molar-refractivity contribution is 5.85. The van der Waals surface area contributed by atoms with E-state index in [1.807, 2.05) is 6.92 Å². The third-order valence-electron chi connectivity index (χ3n) is 3.48. The molecule has 0 heterocycles. The van der Waals surface area contributed by atoms with E-state index in [9.17, 15) is 9.90 Å². The van der Waals surface area contributed by atoms with E-state index in [2.05, 4.69) is 4.99 Å². The third kappa shape index (κ3) is 2.46.